The van der Waals surface area contributed by atoms with E-state index in [1.54, 1.807) is 24.3 Å². The Hall–Kier alpha value is -1.27. The van der Waals surface area contributed by atoms with Gasteiger partial charge in [-0.15, -0.1) is 11.8 Å². The molecule has 0 aliphatic heterocycles. The second-order valence-electron chi connectivity index (χ2n) is 3.33. The molecule has 0 spiro atoms. The standard InChI is InChI=1S/C11H11ClFNO3S/c12-7-3-1-2-4-9(7)18-6-10(15)14-8(5-13)11(16)17/h1-4,8H,5-6H2,(H,14,15)(H,16,17). The summed E-state index contributed by atoms with van der Waals surface area (Å²) in [5.41, 5.74) is 0. The lowest BCUT2D eigenvalue weighted by Gasteiger charge is -2.10. The van der Waals surface area contributed by atoms with E-state index in [9.17, 15) is 14.0 Å². The van der Waals surface area contributed by atoms with Gasteiger partial charge in [-0.1, -0.05) is 23.7 Å². The van der Waals surface area contributed by atoms with Crippen LogP contribution in [0.3, 0.4) is 0 Å². The number of alkyl halides is 1. The van der Waals surface area contributed by atoms with Crippen LogP contribution in [0.5, 0.6) is 0 Å². The molecule has 1 rings (SSSR count). The van der Waals surface area contributed by atoms with Crippen LogP contribution < -0.4 is 5.32 Å². The Kier molecular flexibility index (Phi) is 5.94. The highest BCUT2D eigenvalue weighted by molar-refractivity contribution is 8.00. The van der Waals surface area contributed by atoms with Crippen molar-refractivity contribution in [2.45, 2.75) is 10.9 Å². The minimum atomic E-state index is -1.50. The molecule has 2 N–H and O–H groups in total. The number of carboxylic acid groups (broad SMARTS) is 1. The van der Waals surface area contributed by atoms with E-state index in [2.05, 4.69) is 5.32 Å². The van der Waals surface area contributed by atoms with Gasteiger partial charge in [-0.25, -0.2) is 9.18 Å². The summed E-state index contributed by atoms with van der Waals surface area (Å²) in [5, 5.41) is 11.2. The van der Waals surface area contributed by atoms with Crippen LogP contribution >= 0.6 is 23.4 Å². The zero-order chi connectivity index (χ0) is 13.5. The molecule has 0 radical (unpaired) electrons. The van der Waals surface area contributed by atoms with Crippen LogP contribution in [0.4, 0.5) is 4.39 Å². The molecule has 18 heavy (non-hydrogen) atoms. The Morgan fingerprint density at radius 2 is 2.11 bits per heavy atom. The lowest BCUT2D eigenvalue weighted by atomic mass is 10.3. The zero-order valence-corrected chi connectivity index (χ0v) is 10.8. The summed E-state index contributed by atoms with van der Waals surface area (Å²) in [7, 11) is 0. The van der Waals surface area contributed by atoms with Gasteiger partial charge in [-0.05, 0) is 12.1 Å². The molecule has 0 fully saturated rings. The van der Waals surface area contributed by atoms with E-state index in [1.165, 1.54) is 0 Å². The normalized spacial score (nSPS) is 11.9. The van der Waals surface area contributed by atoms with Crippen molar-refractivity contribution in [3.05, 3.63) is 29.3 Å². The van der Waals surface area contributed by atoms with Crippen molar-refractivity contribution in [2.24, 2.45) is 0 Å². The number of carboxylic acids is 1. The number of carbonyl (C=O) groups excluding carboxylic acids is 1. The van der Waals surface area contributed by atoms with Crippen LogP contribution in [-0.2, 0) is 9.59 Å². The second kappa shape index (κ2) is 7.23. The number of benzene rings is 1. The first-order valence-electron chi connectivity index (χ1n) is 5.00. The predicted octanol–water partition coefficient (Wildman–Crippen LogP) is 1.97. The number of carbonyl (C=O) groups is 2. The van der Waals surface area contributed by atoms with Gasteiger partial charge < -0.3 is 10.4 Å². The maximum Gasteiger partial charge on any atom is 0.328 e. The SMILES string of the molecule is O=C(CSc1ccccc1Cl)NC(CF)C(=O)O. The van der Waals surface area contributed by atoms with Gasteiger partial charge in [0.2, 0.25) is 5.91 Å². The molecule has 1 amide bonds. The van der Waals surface area contributed by atoms with E-state index in [0.717, 1.165) is 11.8 Å². The van der Waals surface area contributed by atoms with Crippen molar-refractivity contribution < 1.29 is 19.1 Å². The molecule has 0 aliphatic rings. The average molecular weight is 292 g/mol. The van der Waals surface area contributed by atoms with Gasteiger partial charge in [0, 0.05) is 4.90 Å². The third-order valence-corrected chi connectivity index (χ3v) is 3.50. The van der Waals surface area contributed by atoms with Crippen molar-refractivity contribution in [1.29, 1.82) is 0 Å². The number of amides is 1. The second-order valence-corrected chi connectivity index (χ2v) is 4.76. The molecule has 98 valence electrons. The van der Waals surface area contributed by atoms with E-state index in [1.807, 2.05) is 0 Å². The first kappa shape index (κ1) is 14.8. The molecule has 0 aromatic heterocycles. The molecular weight excluding hydrogens is 281 g/mol. The predicted molar refractivity (Wildman–Crippen MR) is 67.7 cm³/mol. The van der Waals surface area contributed by atoms with Crippen LogP contribution in [0.15, 0.2) is 29.2 Å². The number of hydrogen-bond donors (Lipinski definition) is 2. The van der Waals surface area contributed by atoms with Gasteiger partial charge in [0.25, 0.3) is 0 Å². The Morgan fingerprint density at radius 1 is 1.44 bits per heavy atom. The minimum Gasteiger partial charge on any atom is -0.480 e. The molecular formula is C11H11ClFNO3S. The fourth-order valence-electron chi connectivity index (χ4n) is 1.11. The van der Waals surface area contributed by atoms with Gasteiger partial charge in [0.05, 0.1) is 10.8 Å². The van der Waals surface area contributed by atoms with E-state index >= 15 is 0 Å². The monoisotopic (exact) mass is 291 g/mol. The Morgan fingerprint density at radius 3 is 2.67 bits per heavy atom. The van der Waals surface area contributed by atoms with Crippen LogP contribution in [0.1, 0.15) is 0 Å². The van der Waals surface area contributed by atoms with Crippen molar-refractivity contribution in [1.82, 2.24) is 5.32 Å². The number of hydrogen-bond acceptors (Lipinski definition) is 3. The third-order valence-electron chi connectivity index (χ3n) is 1.98. The van der Waals surface area contributed by atoms with Crippen molar-refractivity contribution in [3.63, 3.8) is 0 Å². The van der Waals surface area contributed by atoms with Gasteiger partial charge in [-0.3, -0.25) is 4.79 Å². The maximum absolute atomic E-state index is 12.3. The van der Waals surface area contributed by atoms with Crippen molar-refractivity contribution >= 4 is 35.2 Å². The first-order chi connectivity index (χ1) is 8.54. The minimum absolute atomic E-state index is 0.0203. The Balaban J connectivity index is 2.47. The molecule has 0 bridgehead atoms. The van der Waals surface area contributed by atoms with E-state index < -0.39 is 24.6 Å². The van der Waals surface area contributed by atoms with Crippen molar-refractivity contribution in [3.8, 4) is 0 Å². The van der Waals surface area contributed by atoms with Crippen LogP contribution in [-0.4, -0.2) is 35.5 Å². The highest BCUT2D eigenvalue weighted by atomic mass is 35.5. The fourth-order valence-corrected chi connectivity index (χ4v) is 2.16. The quantitative estimate of drug-likeness (QED) is 0.787. The lowest BCUT2D eigenvalue weighted by molar-refractivity contribution is -0.141. The van der Waals surface area contributed by atoms with Crippen LogP contribution in [0, 0.1) is 0 Å². The summed E-state index contributed by atoms with van der Waals surface area (Å²) in [6.45, 7) is -1.14. The zero-order valence-electron chi connectivity index (χ0n) is 9.23. The third kappa shape index (κ3) is 4.54. The van der Waals surface area contributed by atoms with E-state index in [0.29, 0.717) is 9.92 Å². The summed E-state index contributed by atoms with van der Waals surface area (Å²) < 4.78 is 12.3. The highest BCUT2D eigenvalue weighted by Crippen LogP contribution is 2.26. The van der Waals surface area contributed by atoms with Crippen molar-refractivity contribution in [2.75, 3.05) is 12.4 Å². The summed E-state index contributed by atoms with van der Waals surface area (Å²) in [6, 6.07) is 5.46. The number of rotatable bonds is 6. The summed E-state index contributed by atoms with van der Waals surface area (Å²) in [4.78, 5) is 22.6. The van der Waals surface area contributed by atoms with Gasteiger partial charge in [-0.2, -0.15) is 0 Å². The van der Waals surface area contributed by atoms with E-state index in [4.69, 9.17) is 16.7 Å². The average Bonchev–Trinajstić information content (AvgIpc) is 2.34. The largest absolute Gasteiger partial charge is 0.480 e. The Labute approximate surface area is 113 Å². The number of thioether (sulfide) groups is 1. The van der Waals surface area contributed by atoms with Gasteiger partial charge in [0.1, 0.15) is 6.67 Å². The molecule has 1 unspecified atom stereocenters. The topological polar surface area (TPSA) is 66.4 Å². The molecule has 1 aromatic carbocycles. The summed E-state index contributed by atoms with van der Waals surface area (Å²) in [6.07, 6.45) is 0. The maximum atomic E-state index is 12.3. The lowest BCUT2D eigenvalue weighted by Crippen LogP contribution is -2.43. The van der Waals surface area contributed by atoms with Gasteiger partial charge in [0.15, 0.2) is 6.04 Å². The first-order valence-corrected chi connectivity index (χ1v) is 6.36. The number of nitrogens with one attached hydrogen (secondary N) is 1. The summed E-state index contributed by atoms with van der Waals surface area (Å²) in [5.74, 6) is -1.97. The smallest absolute Gasteiger partial charge is 0.328 e. The summed E-state index contributed by atoms with van der Waals surface area (Å²) >= 11 is 7.04. The van der Waals surface area contributed by atoms with Crippen LogP contribution in [0.25, 0.3) is 0 Å². The number of halogens is 2. The molecule has 0 saturated heterocycles. The molecule has 0 heterocycles. The molecule has 7 heteroatoms. The van der Waals surface area contributed by atoms with E-state index in [-0.39, 0.29) is 5.75 Å². The molecule has 4 nitrogen and oxygen atoms in total. The highest BCUT2D eigenvalue weighted by Gasteiger charge is 2.19. The molecule has 0 saturated carbocycles. The fraction of sp³-hybridized carbons (Fsp3) is 0.273. The molecule has 1 atom stereocenters. The Bertz CT molecular complexity index is 444. The molecule has 1 aromatic rings. The van der Waals surface area contributed by atoms with Gasteiger partial charge >= 0.3 is 5.97 Å². The molecule has 0 aliphatic carbocycles. The number of aliphatic carboxylic acids is 1. The van der Waals surface area contributed by atoms with Crippen LogP contribution in [0.2, 0.25) is 5.02 Å².